The Labute approximate surface area is 269 Å². The molecule has 45 heavy (non-hydrogen) atoms. The van der Waals surface area contributed by atoms with E-state index >= 15 is 0 Å². The number of hydrogen-bond acceptors (Lipinski definition) is 10. The van der Waals surface area contributed by atoms with Crippen LogP contribution in [0, 0.1) is 0 Å². The van der Waals surface area contributed by atoms with Gasteiger partial charge in [0.15, 0.2) is 5.69 Å². The second-order valence-electron chi connectivity index (χ2n) is 12.1. The largest absolute Gasteiger partial charge is 0.460 e. The average Bonchev–Trinajstić information content (AvgIpc) is 3.49. The monoisotopic (exact) mass is 643 g/mol. The Balaban J connectivity index is 1.51. The minimum absolute atomic E-state index is 0.0552. The summed E-state index contributed by atoms with van der Waals surface area (Å²) in [6, 6.07) is 8.64. The first-order chi connectivity index (χ1) is 21.6. The van der Waals surface area contributed by atoms with Gasteiger partial charge in [0, 0.05) is 51.3 Å². The Morgan fingerprint density at radius 3 is 2.31 bits per heavy atom. The topological polar surface area (TPSA) is 131 Å². The molecule has 1 unspecified atom stereocenters. The smallest absolute Gasteiger partial charge is 0.409 e. The van der Waals surface area contributed by atoms with E-state index in [1.807, 2.05) is 37.3 Å². The number of benzene rings is 1. The number of carbonyl (C=O) groups excluding carboxylic acids is 4. The Hall–Kier alpha value is -3.71. The maximum Gasteiger partial charge on any atom is 0.409 e. The molecule has 2 aromatic rings. The van der Waals surface area contributed by atoms with Gasteiger partial charge < -0.3 is 34.2 Å². The van der Waals surface area contributed by atoms with E-state index in [0.717, 1.165) is 18.4 Å². The summed E-state index contributed by atoms with van der Waals surface area (Å²) in [5.41, 5.74) is 0.443. The molecule has 3 heterocycles. The van der Waals surface area contributed by atoms with Crippen LogP contribution in [0.25, 0.3) is 10.6 Å². The van der Waals surface area contributed by atoms with Gasteiger partial charge in [0.2, 0.25) is 5.91 Å². The fourth-order valence-electron chi connectivity index (χ4n) is 5.01. The highest BCUT2D eigenvalue weighted by Crippen LogP contribution is 2.35. The third-order valence-corrected chi connectivity index (χ3v) is 8.54. The predicted molar refractivity (Wildman–Crippen MR) is 171 cm³/mol. The first kappa shape index (κ1) is 34.2. The number of nitrogens with zero attached hydrogens (tertiary/aromatic N) is 4. The van der Waals surface area contributed by atoms with Gasteiger partial charge in [-0.05, 0) is 33.6 Å². The highest BCUT2D eigenvalue weighted by molar-refractivity contribution is 7.19. The number of hydrogen-bond donors (Lipinski definition) is 1. The van der Waals surface area contributed by atoms with Crippen LogP contribution in [0.1, 0.15) is 63.9 Å². The van der Waals surface area contributed by atoms with Crippen LogP contribution < -0.4 is 10.2 Å². The van der Waals surface area contributed by atoms with Gasteiger partial charge >= 0.3 is 12.1 Å². The van der Waals surface area contributed by atoms with Crippen molar-refractivity contribution in [2.75, 3.05) is 64.0 Å². The van der Waals surface area contributed by atoms with Crippen LogP contribution in [0.4, 0.5) is 9.80 Å². The third kappa shape index (κ3) is 9.89. The van der Waals surface area contributed by atoms with Crippen molar-refractivity contribution in [3.05, 3.63) is 36.0 Å². The molecule has 4 rings (SSSR count). The second-order valence-corrected chi connectivity index (χ2v) is 13.0. The van der Waals surface area contributed by atoms with Crippen LogP contribution in [0.5, 0.6) is 0 Å². The lowest BCUT2D eigenvalue weighted by atomic mass is 10.1. The number of piperazine rings is 1. The summed E-state index contributed by atoms with van der Waals surface area (Å²) < 4.78 is 16.3. The third-order valence-electron chi connectivity index (χ3n) is 7.38. The van der Waals surface area contributed by atoms with Crippen molar-refractivity contribution >= 4 is 40.2 Å². The summed E-state index contributed by atoms with van der Waals surface area (Å²) in [5.74, 6) is -1.27. The number of aromatic nitrogens is 1. The summed E-state index contributed by atoms with van der Waals surface area (Å²) in [6.07, 6.45) is 1.33. The summed E-state index contributed by atoms with van der Waals surface area (Å²) in [7, 11) is 0. The Kier molecular flexibility index (Phi) is 12.2. The molecule has 1 N–H and O–H groups in total. The molecule has 0 bridgehead atoms. The SMILES string of the molecule is CCCCOC(=O)N1CCN(C(=O)C(CCC(=O)OC(C)(C)C)NC(=O)c2nc(-c3ccccc3)sc2N2CCOCC2)CC1. The van der Waals surface area contributed by atoms with Crippen molar-refractivity contribution in [1.82, 2.24) is 20.1 Å². The molecule has 2 saturated heterocycles. The quantitative estimate of drug-likeness (QED) is 0.286. The molecule has 2 fully saturated rings. The molecule has 1 aromatic heterocycles. The van der Waals surface area contributed by atoms with E-state index in [4.69, 9.17) is 19.2 Å². The molecule has 0 saturated carbocycles. The normalized spacial score (nSPS) is 16.2. The number of esters is 1. The summed E-state index contributed by atoms with van der Waals surface area (Å²) >= 11 is 1.43. The molecule has 12 nitrogen and oxygen atoms in total. The lowest BCUT2D eigenvalue weighted by Crippen LogP contribution is -2.56. The number of unbranched alkanes of at least 4 members (excludes halogenated alkanes) is 1. The molecule has 0 aliphatic carbocycles. The first-order valence-electron chi connectivity index (χ1n) is 15.7. The molecule has 0 spiro atoms. The van der Waals surface area contributed by atoms with E-state index in [-0.39, 0.29) is 37.5 Å². The van der Waals surface area contributed by atoms with Crippen molar-refractivity contribution in [2.24, 2.45) is 0 Å². The fraction of sp³-hybridized carbons (Fsp3) is 0.594. The Morgan fingerprint density at radius 2 is 1.67 bits per heavy atom. The standard InChI is InChI=1S/C32H45N5O7S/c1-5-6-20-43-31(41)37-16-14-35(15-17-37)29(40)24(12-13-25(38)44-32(2,3)4)33-27(39)26-30(36-18-21-42-22-19-36)45-28(34-26)23-10-8-7-9-11-23/h7-11,24H,5-6,12-22H2,1-4H3,(H,33,39). The molecule has 0 radical (unpaired) electrons. The molecule has 2 aliphatic heterocycles. The summed E-state index contributed by atoms with van der Waals surface area (Å²) in [6.45, 7) is 11.2. The van der Waals surface area contributed by atoms with E-state index in [1.54, 1.807) is 30.6 Å². The zero-order valence-electron chi connectivity index (χ0n) is 26.7. The van der Waals surface area contributed by atoms with Crippen molar-refractivity contribution < 1.29 is 33.4 Å². The van der Waals surface area contributed by atoms with E-state index < -0.39 is 29.6 Å². The van der Waals surface area contributed by atoms with Gasteiger partial charge in [-0.2, -0.15) is 0 Å². The maximum absolute atomic E-state index is 13.9. The lowest BCUT2D eigenvalue weighted by molar-refractivity contribution is -0.155. The number of carbonyl (C=O) groups is 4. The van der Waals surface area contributed by atoms with Crippen LogP contribution in [0.2, 0.25) is 0 Å². The Bertz CT molecular complexity index is 1300. The molecule has 246 valence electrons. The lowest BCUT2D eigenvalue weighted by Gasteiger charge is -2.36. The van der Waals surface area contributed by atoms with Crippen molar-refractivity contribution in [1.29, 1.82) is 0 Å². The van der Waals surface area contributed by atoms with E-state index in [0.29, 0.717) is 56.0 Å². The number of morpholine rings is 1. The van der Waals surface area contributed by atoms with Crippen LogP contribution in [0.3, 0.4) is 0 Å². The highest BCUT2D eigenvalue weighted by Gasteiger charge is 2.33. The predicted octanol–water partition coefficient (Wildman–Crippen LogP) is 3.95. The first-order valence-corrected chi connectivity index (χ1v) is 16.5. The summed E-state index contributed by atoms with van der Waals surface area (Å²) in [5, 5.41) is 4.31. The number of nitrogens with one attached hydrogen (secondary N) is 1. The fourth-order valence-corrected chi connectivity index (χ4v) is 6.13. The van der Waals surface area contributed by atoms with Gasteiger partial charge in [-0.25, -0.2) is 9.78 Å². The summed E-state index contributed by atoms with van der Waals surface area (Å²) in [4.78, 5) is 62.8. The van der Waals surface area contributed by atoms with Gasteiger partial charge in [0.1, 0.15) is 21.7 Å². The minimum atomic E-state index is -0.993. The number of ether oxygens (including phenoxy) is 3. The molecule has 1 atom stereocenters. The van der Waals surface area contributed by atoms with Gasteiger partial charge in [0.05, 0.1) is 19.8 Å². The van der Waals surface area contributed by atoms with Crippen LogP contribution in [-0.2, 0) is 23.8 Å². The molecular weight excluding hydrogens is 598 g/mol. The number of anilines is 1. The van der Waals surface area contributed by atoms with E-state index in [2.05, 4.69) is 10.2 Å². The molecule has 2 aliphatic rings. The molecule has 13 heteroatoms. The van der Waals surface area contributed by atoms with Gasteiger partial charge in [-0.15, -0.1) is 0 Å². The zero-order valence-corrected chi connectivity index (χ0v) is 27.5. The van der Waals surface area contributed by atoms with Crippen molar-refractivity contribution in [2.45, 2.75) is 65.0 Å². The molecular formula is C32H45N5O7S. The molecule has 3 amide bonds. The van der Waals surface area contributed by atoms with Crippen LogP contribution in [-0.4, -0.2) is 109 Å². The number of amides is 3. The van der Waals surface area contributed by atoms with E-state index in [9.17, 15) is 19.2 Å². The zero-order chi connectivity index (χ0) is 32.4. The van der Waals surface area contributed by atoms with Crippen molar-refractivity contribution in [3.8, 4) is 10.6 Å². The van der Waals surface area contributed by atoms with Gasteiger partial charge in [-0.3, -0.25) is 14.4 Å². The minimum Gasteiger partial charge on any atom is -0.460 e. The maximum atomic E-state index is 13.9. The van der Waals surface area contributed by atoms with E-state index in [1.165, 1.54) is 11.3 Å². The Morgan fingerprint density at radius 1 is 1.00 bits per heavy atom. The molecule has 1 aromatic carbocycles. The van der Waals surface area contributed by atoms with Gasteiger partial charge in [0.25, 0.3) is 5.91 Å². The number of thiazole rings is 1. The van der Waals surface area contributed by atoms with Crippen molar-refractivity contribution in [3.63, 3.8) is 0 Å². The van der Waals surface area contributed by atoms with Crippen LogP contribution >= 0.6 is 11.3 Å². The second kappa shape index (κ2) is 16.0. The highest BCUT2D eigenvalue weighted by atomic mass is 32.1. The average molecular weight is 644 g/mol. The number of rotatable bonds is 11. The van der Waals surface area contributed by atoms with Crippen LogP contribution in [0.15, 0.2) is 30.3 Å². The van der Waals surface area contributed by atoms with Gasteiger partial charge in [-0.1, -0.05) is 55.0 Å².